The number of aryl methyl sites for hydroxylation is 1. The van der Waals surface area contributed by atoms with Gasteiger partial charge in [-0.2, -0.15) is 4.98 Å². The molecule has 2 atom stereocenters. The average molecular weight is 525 g/mol. The van der Waals surface area contributed by atoms with Gasteiger partial charge in [0.15, 0.2) is 0 Å². The molecule has 8 nitrogen and oxygen atoms in total. The van der Waals surface area contributed by atoms with Crippen LogP contribution in [0, 0.1) is 12.7 Å². The van der Waals surface area contributed by atoms with Gasteiger partial charge in [0.2, 0.25) is 5.95 Å². The molecular formula is C27H30ClFN6O2. The molecule has 1 N–H and O–H groups in total. The molecule has 0 spiro atoms. The molecule has 2 aliphatic heterocycles. The van der Waals surface area contributed by atoms with Crippen molar-refractivity contribution in [1.82, 2.24) is 15.0 Å². The number of pyridine rings is 1. The summed E-state index contributed by atoms with van der Waals surface area (Å²) in [7, 11) is 0. The highest BCUT2D eigenvalue weighted by Crippen LogP contribution is 2.32. The Balaban J connectivity index is 1.46. The second-order valence-electron chi connectivity index (χ2n) is 9.88. The average Bonchev–Trinajstić information content (AvgIpc) is 3.31. The van der Waals surface area contributed by atoms with E-state index in [0.717, 1.165) is 42.1 Å². The van der Waals surface area contributed by atoms with Gasteiger partial charge in [-0.1, -0.05) is 11.6 Å². The first kappa shape index (κ1) is 25.2. The van der Waals surface area contributed by atoms with Gasteiger partial charge in [0.1, 0.15) is 17.5 Å². The number of carboxylic acids is 1. The third-order valence-electron chi connectivity index (χ3n) is 7.24. The monoisotopic (exact) mass is 524 g/mol. The van der Waals surface area contributed by atoms with E-state index in [4.69, 9.17) is 21.6 Å². The van der Waals surface area contributed by atoms with Gasteiger partial charge in [0.25, 0.3) is 0 Å². The molecule has 0 radical (unpaired) electrons. The van der Waals surface area contributed by atoms with Crippen LogP contribution < -0.4 is 14.7 Å². The predicted molar refractivity (Wildman–Crippen MR) is 143 cm³/mol. The summed E-state index contributed by atoms with van der Waals surface area (Å²) >= 11 is 6.10. The lowest BCUT2D eigenvalue weighted by molar-refractivity contribution is 0.0696. The molecule has 0 bridgehead atoms. The maximum atomic E-state index is 13.9. The van der Waals surface area contributed by atoms with Gasteiger partial charge in [-0.3, -0.25) is 0 Å². The number of nitrogens with zero attached hydrogens (tertiary/aromatic N) is 6. The van der Waals surface area contributed by atoms with Gasteiger partial charge in [0.05, 0.1) is 16.3 Å². The molecular weight excluding hydrogens is 495 g/mol. The summed E-state index contributed by atoms with van der Waals surface area (Å²) in [5.74, 6) is 0.850. The Morgan fingerprint density at radius 1 is 1.08 bits per heavy atom. The van der Waals surface area contributed by atoms with E-state index in [1.807, 2.05) is 13.0 Å². The molecule has 2 aliphatic rings. The maximum absolute atomic E-state index is 13.9. The smallest absolute Gasteiger partial charge is 0.337 e. The number of hydrogen-bond acceptors (Lipinski definition) is 7. The zero-order valence-electron chi connectivity index (χ0n) is 21.2. The molecule has 0 amide bonds. The lowest BCUT2D eigenvalue weighted by Gasteiger charge is -2.41. The van der Waals surface area contributed by atoms with E-state index < -0.39 is 11.8 Å². The molecule has 194 valence electrons. The Labute approximate surface area is 220 Å². The molecule has 1 aromatic carbocycles. The SMILES string of the molecule is Cc1cc(C(=O)O)cnc1N1CCN(c2cc(-c3ccc(F)c(Cl)c3)nc(N3CCCC3C)n2)C(C)C1. The van der Waals surface area contributed by atoms with Crippen molar-refractivity contribution in [1.29, 1.82) is 0 Å². The van der Waals surface area contributed by atoms with E-state index in [0.29, 0.717) is 37.3 Å². The summed E-state index contributed by atoms with van der Waals surface area (Å²) in [6.45, 7) is 9.23. The van der Waals surface area contributed by atoms with Gasteiger partial charge in [0, 0.05) is 56.1 Å². The Kier molecular flexibility index (Phi) is 6.90. The minimum atomic E-state index is -0.981. The number of aromatic carboxylic acids is 1. The van der Waals surface area contributed by atoms with Crippen LogP contribution in [0.15, 0.2) is 36.5 Å². The Hall–Kier alpha value is -3.46. The third kappa shape index (κ3) is 5.05. The molecule has 4 heterocycles. The largest absolute Gasteiger partial charge is 0.478 e. The fraction of sp³-hybridized carbons (Fsp3) is 0.407. The molecule has 2 aromatic heterocycles. The molecule has 0 saturated carbocycles. The van der Waals surface area contributed by atoms with Crippen LogP contribution in [0.2, 0.25) is 5.02 Å². The van der Waals surface area contributed by atoms with Crippen LogP contribution in [-0.2, 0) is 0 Å². The van der Waals surface area contributed by atoms with Crippen LogP contribution in [0.1, 0.15) is 42.6 Å². The highest BCUT2D eigenvalue weighted by Gasteiger charge is 2.29. The minimum Gasteiger partial charge on any atom is -0.478 e. The van der Waals surface area contributed by atoms with Crippen molar-refractivity contribution >= 4 is 35.2 Å². The first-order valence-electron chi connectivity index (χ1n) is 12.5. The highest BCUT2D eigenvalue weighted by molar-refractivity contribution is 6.31. The second-order valence-corrected chi connectivity index (χ2v) is 10.3. The van der Waals surface area contributed by atoms with E-state index in [1.54, 1.807) is 18.2 Å². The van der Waals surface area contributed by atoms with Crippen molar-refractivity contribution in [2.75, 3.05) is 40.9 Å². The van der Waals surface area contributed by atoms with Gasteiger partial charge in [-0.25, -0.2) is 19.2 Å². The molecule has 2 unspecified atom stereocenters. The predicted octanol–water partition coefficient (Wildman–Crippen LogP) is 5.04. The number of benzene rings is 1. The number of aromatic nitrogens is 3. The number of piperazine rings is 1. The normalized spacial score (nSPS) is 20.0. The number of carbonyl (C=O) groups is 1. The van der Waals surface area contributed by atoms with E-state index in [-0.39, 0.29) is 16.6 Å². The fourth-order valence-corrected chi connectivity index (χ4v) is 5.42. The van der Waals surface area contributed by atoms with Crippen LogP contribution >= 0.6 is 11.6 Å². The van der Waals surface area contributed by atoms with Crippen LogP contribution in [0.4, 0.5) is 22.0 Å². The quantitative estimate of drug-likeness (QED) is 0.497. The number of halogens is 2. The first-order valence-corrected chi connectivity index (χ1v) is 12.9. The van der Waals surface area contributed by atoms with E-state index in [2.05, 4.69) is 33.5 Å². The van der Waals surface area contributed by atoms with Crippen molar-refractivity contribution in [3.8, 4) is 11.3 Å². The molecule has 0 aliphatic carbocycles. The molecule has 2 fully saturated rings. The zero-order valence-corrected chi connectivity index (χ0v) is 21.9. The first-order chi connectivity index (χ1) is 17.7. The lowest BCUT2D eigenvalue weighted by Crippen LogP contribution is -2.53. The number of anilines is 3. The van der Waals surface area contributed by atoms with Crippen LogP contribution in [0.3, 0.4) is 0 Å². The number of carboxylic acid groups (broad SMARTS) is 1. The van der Waals surface area contributed by atoms with Crippen molar-refractivity contribution in [3.63, 3.8) is 0 Å². The molecule has 37 heavy (non-hydrogen) atoms. The molecule has 2 saturated heterocycles. The molecule has 10 heteroatoms. The zero-order chi connectivity index (χ0) is 26.3. The second kappa shape index (κ2) is 10.1. The standard InChI is InChI=1S/C27H30ClFN6O2/c1-16-11-20(26(36)37)14-30-25(16)33-9-10-34(18(3)15-33)24-13-23(19-6-7-22(29)21(28)12-19)31-27(32-24)35-8-4-5-17(35)2/h6-7,11-14,17-18H,4-5,8-10,15H2,1-3H3,(H,36,37). The number of hydrogen-bond donors (Lipinski definition) is 1. The van der Waals surface area contributed by atoms with Crippen LogP contribution in [0.5, 0.6) is 0 Å². The van der Waals surface area contributed by atoms with Crippen LogP contribution in [-0.4, -0.2) is 64.3 Å². The van der Waals surface area contributed by atoms with Crippen molar-refractivity contribution < 1.29 is 14.3 Å². The maximum Gasteiger partial charge on any atom is 0.337 e. The Bertz CT molecular complexity index is 1340. The molecule has 5 rings (SSSR count). The van der Waals surface area contributed by atoms with Crippen LogP contribution in [0.25, 0.3) is 11.3 Å². The Morgan fingerprint density at radius 2 is 1.89 bits per heavy atom. The van der Waals surface area contributed by atoms with Crippen molar-refractivity contribution in [2.24, 2.45) is 0 Å². The summed E-state index contributed by atoms with van der Waals surface area (Å²) in [6, 6.07) is 8.73. The van der Waals surface area contributed by atoms with Gasteiger partial charge in [-0.15, -0.1) is 0 Å². The van der Waals surface area contributed by atoms with Crippen molar-refractivity contribution in [2.45, 2.75) is 45.7 Å². The summed E-state index contributed by atoms with van der Waals surface area (Å²) in [6.07, 6.45) is 3.59. The molecule has 3 aromatic rings. The van der Waals surface area contributed by atoms with E-state index in [1.165, 1.54) is 12.3 Å². The minimum absolute atomic E-state index is 0.0625. The lowest BCUT2D eigenvalue weighted by atomic mass is 10.1. The summed E-state index contributed by atoms with van der Waals surface area (Å²) < 4.78 is 13.9. The third-order valence-corrected chi connectivity index (χ3v) is 7.53. The number of rotatable bonds is 5. The van der Waals surface area contributed by atoms with Gasteiger partial charge in [-0.05, 0) is 63.4 Å². The van der Waals surface area contributed by atoms with E-state index in [9.17, 15) is 14.3 Å². The van der Waals surface area contributed by atoms with Gasteiger partial charge < -0.3 is 19.8 Å². The van der Waals surface area contributed by atoms with Gasteiger partial charge >= 0.3 is 5.97 Å². The Morgan fingerprint density at radius 3 is 2.54 bits per heavy atom. The van der Waals surface area contributed by atoms with E-state index >= 15 is 0 Å². The summed E-state index contributed by atoms with van der Waals surface area (Å²) in [4.78, 5) is 32.3. The van der Waals surface area contributed by atoms with Crippen molar-refractivity contribution in [3.05, 3.63) is 58.5 Å². The summed E-state index contributed by atoms with van der Waals surface area (Å²) in [5.41, 5.74) is 2.47. The fourth-order valence-electron chi connectivity index (χ4n) is 5.24. The topological polar surface area (TPSA) is 85.7 Å². The highest BCUT2D eigenvalue weighted by atomic mass is 35.5. The summed E-state index contributed by atoms with van der Waals surface area (Å²) in [5, 5.41) is 9.32.